The number of benzene rings is 1. The second-order valence-electron chi connectivity index (χ2n) is 6.78. The van der Waals surface area contributed by atoms with Gasteiger partial charge in [-0.3, -0.25) is 9.59 Å². The van der Waals surface area contributed by atoms with E-state index in [4.69, 9.17) is 16.1 Å². The summed E-state index contributed by atoms with van der Waals surface area (Å²) in [6, 6.07) is 10.8. The van der Waals surface area contributed by atoms with Gasteiger partial charge in [-0.15, -0.1) is 11.3 Å². The molecule has 7 nitrogen and oxygen atoms in total. The van der Waals surface area contributed by atoms with Crippen molar-refractivity contribution in [1.29, 1.82) is 0 Å². The van der Waals surface area contributed by atoms with Crippen LogP contribution in [-0.2, 0) is 4.79 Å². The number of hydrogen-bond donors (Lipinski definition) is 1. The highest BCUT2D eigenvalue weighted by atomic mass is 35.5. The maximum Gasteiger partial charge on any atom is 0.261 e. The van der Waals surface area contributed by atoms with Gasteiger partial charge in [0.1, 0.15) is 0 Å². The molecule has 2 aromatic heterocycles. The molecule has 1 aromatic carbocycles. The lowest BCUT2D eigenvalue weighted by molar-refractivity contribution is -0.131. The van der Waals surface area contributed by atoms with Gasteiger partial charge in [-0.2, -0.15) is 4.98 Å². The summed E-state index contributed by atoms with van der Waals surface area (Å²) < 4.78 is 5.45. The summed E-state index contributed by atoms with van der Waals surface area (Å²) in [5.74, 6) is 0.942. The van der Waals surface area contributed by atoms with Crippen LogP contribution in [0, 0.1) is 0 Å². The van der Waals surface area contributed by atoms with Crippen molar-refractivity contribution in [2.24, 2.45) is 0 Å². The Kier molecular flexibility index (Phi) is 5.92. The highest BCUT2D eigenvalue weighted by Gasteiger charge is 2.27. The van der Waals surface area contributed by atoms with Gasteiger partial charge in [0.05, 0.1) is 11.4 Å². The van der Waals surface area contributed by atoms with Crippen LogP contribution in [0.15, 0.2) is 46.3 Å². The quantitative estimate of drug-likeness (QED) is 0.668. The fourth-order valence-electron chi connectivity index (χ4n) is 3.26. The van der Waals surface area contributed by atoms with Gasteiger partial charge in [-0.1, -0.05) is 22.8 Å². The molecule has 150 valence electrons. The van der Waals surface area contributed by atoms with Crippen molar-refractivity contribution < 1.29 is 14.1 Å². The van der Waals surface area contributed by atoms with Crippen LogP contribution in [0.2, 0.25) is 5.02 Å². The number of aromatic nitrogens is 2. The predicted molar refractivity (Wildman–Crippen MR) is 110 cm³/mol. The molecule has 0 aliphatic carbocycles. The molecule has 2 amide bonds. The van der Waals surface area contributed by atoms with Gasteiger partial charge in [-0.25, -0.2) is 0 Å². The third-order valence-electron chi connectivity index (χ3n) is 4.89. The van der Waals surface area contributed by atoms with E-state index in [1.165, 1.54) is 11.3 Å². The Balaban J connectivity index is 1.28. The number of piperidine rings is 1. The monoisotopic (exact) mass is 430 g/mol. The molecule has 4 rings (SSSR count). The Morgan fingerprint density at radius 3 is 2.66 bits per heavy atom. The molecular formula is C20H19ClN4O3S. The Morgan fingerprint density at radius 2 is 1.97 bits per heavy atom. The van der Waals surface area contributed by atoms with Gasteiger partial charge in [0.2, 0.25) is 17.6 Å². The molecule has 1 N–H and O–H groups in total. The molecule has 1 saturated heterocycles. The Labute approximate surface area is 176 Å². The van der Waals surface area contributed by atoms with Crippen LogP contribution in [0.1, 0.15) is 34.3 Å². The molecule has 9 heteroatoms. The number of nitrogens with zero attached hydrogens (tertiary/aromatic N) is 3. The van der Waals surface area contributed by atoms with E-state index in [1.54, 1.807) is 23.1 Å². The standard InChI is InChI=1S/C20H19ClN4O3S/c21-15-5-3-13(4-6-15)18-23-20(28-24-18)14-7-9-25(10-8-14)17(26)12-22-19(27)16-2-1-11-29-16/h1-6,11,14H,7-10,12H2,(H,22,27). The molecule has 0 unspecified atom stereocenters. The van der Waals surface area contributed by atoms with Crippen molar-refractivity contribution in [1.82, 2.24) is 20.4 Å². The van der Waals surface area contributed by atoms with Crippen molar-refractivity contribution in [2.75, 3.05) is 19.6 Å². The second kappa shape index (κ2) is 8.75. The molecule has 0 bridgehead atoms. The summed E-state index contributed by atoms with van der Waals surface area (Å²) in [5, 5.41) is 9.23. The molecule has 0 radical (unpaired) electrons. The zero-order valence-electron chi connectivity index (χ0n) is 15.5. The van der Waals surface area contributed by atoms with Gasteiger partial charge >= 0.3 is 0 Å². The minimum absolute atomic E-state index is 0.00265. The van der Waals surface area contributed by atoms with Crippen molar-refractivity contribution in [2.45, 2.75) is 18.8 Å². The molecule has 1 aliphatic rings. The van der Waals surface area contributed by atoms with E-state index < -0.39 is 0 Å². The first-order valence-corrected chi connectivity index (χ1v) is 10.5. The first-order valence-electron chi connectivity index (χ1n) is 9.29. The van der Waals surface area contributed by atoms with Gasteiger partial charge in [0, 0.05) is 29.6 Å². The number of rotatable bonds is 5. The molecule has 0 saturated carbocycles. The molecule has 3 aromatic rings. The molecular weight excluding hydrogens is 412 g/mol. The Hall–Kier alpha value is -2.71. The summed E-state index contributed by atoms with van der Waals surface area (Å²) in [6.45, 7) is 1.19. The molecule has 1 fully saturated rings. The zero-order valence-corrected chi connectivity index (χ0v) is 17.1. The number of amides is 2. The summed E-state index contributed by atoms with van der Waals surface area (Å²) in [5.41, 5.74) is 0.846. The van der Waals surface area contributed by atoms with Crippen molar-refractivity contribution in [3.05, 3.63) is 57.6 Å². The SMILES string of the molecule is O=C(NCC(=O)N1CCC(c2nc(-c3ccc(Cl)cc3)no2)CC1)c1cccs1. The highest BCUT2D eigenvalue weighted by molar-refractivity contribution is 7.12. The van der Waals surface area contributed by atoms with E-state index >= 15 is 0 Å². The first-order chi connectivity index (χ1) is 14.1. The van der Waals surface area contributed by atoms with Gasteiger partial charge in [0.15, 0.2) is 0 Å². The third-order valence-corrected chi connectivity index (χ3v) is 6.01. The van der Waals surface area contributed by atoms with E-state index in [-0.39, 0.29) is 24.3 Å². The number of carbonyl (C=O) groups is 2. The number of nitrogens with one attached hydrogen (secondary N) is 1. The topological polar surface area (TPSA) is 88.3 Å². The van der Waals surface area contributed by atoms with Crippen molar-refractivity contribution in [3.8, 4) is 11.4 Å². The van der Waals surface area contributed by atoms with Gasteiger partial charge < -0.3 is 14.7 Å². The summed E-state index contributed by atoms with van der Waals surface area (Å²) in [6.07, 6.45) is 1.49. The maximum atomic E-state index is 12.4. The number of halogens is 1. The number of likely N-dealkylation sites (tertiary alicyclic amines) is 1. The van der Waals surface area contributed by atoms with Gasteiger partial charge in [-0.05, 0) is 48.6 Å². The van der Waals surface area contributed by atoms with Gasteiger partial charge in [0.25, 0.3) is 5.91 Å². The van der Waals surface area contributed by atoms with Crippen LogP contribution >= 0.6 is 22.9 Å². The molecule has 3 heterocycles. The van der Waals surface area contributed by atoms with Crippen LogP contribution in [0.25, 0.3) is 11.4 Å². The third kappa shape index (κ3) is 4.65. The fourth-order valence-corrected chi connectivity index (χ4v) is 4.02. The van der Waals surface area contributed by atoms with E-state index in [9.17, 15) is 9.59 Å². The molecule has 0 spiro atoms. The average Bonchev–Trinajstić information content (AvgIpc) is 3.45. The predicted octanol–water partition coefficient (Wildman–Crippen LogP) is 3.59. The maximum absolute atomic E-state index is 12.4. The normalized spacial score (nSPS) is 14.7. The smallest absolute Gasteiger partial charge is 0.261 e. The van der Waals surface area contributed by atoms with Crippen molar-refractivity contribution in [3.63, 3.8) is 0 Å². The summed E-state index contributed by atoms with van der Waals surface area (Å²) in [7, 11) is 0. The molecule has 29 heavy (non-hydrogen) atoms. The van der Waals surface area contributed by atoms with Crippen LogP contribution in [0.4, 0.5) is 0 Å². The van der Waals surface area contributed by atoms with E-state index in [0.717, 1.165) is 18.4 Å². The lowest BCUT2D eigenvalue weighted by Gasteiger charge is -2.30. The Morgan fingerprint density at radius 1 is 1.21 bits per heavy atom. The lowest BCUT2D eigenvalue weighted by Crippen LogP contribution is -2.43. The minimum atomic E-state index is -0.219. The molecule has 0 atom stereocenters. The van der Waals surface area contributed by atoms with E-state index in [1.807, 2.05) is 23.6 Å². The number of hydrogen-bond acceptors (Lipinski definition) is 6. The largest absolute Gasteiger partial charge is 0.342 e. The Bertz CT molecular complexity index is 980. The second-order valence-corrected chi connectivity index (χ2v) is 8.16. The summed E-state index contributed by atoms with van der Waals surface area (Å²) in [4.78, 5) is 31.2. The fraction of sp³-hybridized carbons (Fsp3) is 0.300. The lowest BCUT2D eigenvalue weighted by atomic mass is 9.96. The molecule has 1 aliphatic heterocycles. The highest BCUT2D eigenvalue weighted by Crippen LogP contribution is 2.28. The van der Waals surface area contributed by atoms with E-state index in [2.05, 4.69) is 15.5 Å². The number of thiophene rings is 1. The number of carbonyl (C=O) groups excluding carboxylic acids is 2. The first kappa shape index (κ1) is 19.6. The average molecular weight is 431 g/mol. The summed E-state index contributed by atoms with van der Waals surface area (Å²) >= 11 is 7.26. The van der Waals surface area contributed by atoms with E-state index in [0.29, 0.717) is 34.7 Å². The van der Waals surface area contributed by atoms with Crippen LogP contribution < -0.4 is 5.32 Å². The van der Waals surface area contributed by atoms with Crippen LogP contribution in [-0.4, -0.2) is 46.5 Å². The zero-order chi connectivity index (χ0) is 20.2. The van der Waals surface area contributed by atoms with Crippen LogP contribution in [0.5, 0.6) is 0 Å². The van der Waals surface area contributed by atoms with Crippen molar-refractivity contribution >= 4 is 34.8 Å². The minimum Gasteiger partial charge on any atom is -0.342 e. The van der Waals surface area contributed by atoms with Crippen LogP contribution in [0.3, 0.4) is 0 Å².